The average molecular weight is 326 g/mol. The predicted molar refractivity (Wildman–Crippen MR) is 92.4 cm³/mol. The van der Waals surface area contributed by atoms with Crippen molar-refractivity contribution in [1.82, 2.24) is 0 Å². The molecule has 2 amide bonds. The minimum Gasteiger partial charge on any atom is -0.370 e. The van der Waals surface area contributed by atoms with Crippen LogP contribution in [0.15, 0.2) is 0 Å². The van der Waals surface area contributed by atoms with E-state index in [1.54, 1.807) is 0 Å². The zero-order valence-electron chi connectivity index (χ0n) is 15.0. The van der Waals surface area contributed by atoms with Gasteiger partial charge in [-0.15, -0.1) is 0 Å². The molecule has 0 aliphatic carbocycles. The molecule has 23 heavy (non-hydrogen) atoms. The molecule has 0 spiro atoms. The van der Waals surface area contributed by atoms with Gasteiger partial charge in [0.05, 0.1) is 5.41 Å². The second-order valence-corrected chi connectivity index (χ2v) is 6.98. The number of carbonyl (C=O) groups is 3. The average Bonchev–Trinajstić information content (AvgIpc) is 2.48. The number of rotatable bonds is 14. The molecule has 0 aromatic heterocycles. The van der Waals surface area contributed by atoms with Crippen molar-refractivity contribution in [3.63, 3.8) is 0 Å². The Kier molecular flexibility index (Phi) is 10.5. The van der Waals surface area contributed by atoms with Crippen LogP contribution in [0.1, 0.15) is 78.6 Å². The van der Waals surface area contributed by atoms with E-state index < -0.39 is 5.41 Å². The largest absolute Gasteiger partial charge is 0.370 e. The first-order valence-corrected chi connectivity index (χ1v) is 8.78. The molecule has 0 aliphatic heterocycles. The number of aldehydes is 1. The summed E-state index contributed by atoms with van der Waals surface area (Å²) in [7, 11) is 0. The van der Waals surface area contributed by atoms with Gasteiger partial charge in [0.2, 0.25) is 11.8 Å². The van der Waals surface area contributed by atoms with Crippen LogP contribution in [0.4, 0.5) is 0 Å². The van der Waals surface area contributed by atoms with Gasteiger partial charge in [-0.1, -0.05) is 52.9 Å². The number of hydrogen-bond acceptors (Lipinski definition) is 3. The van der Waals surface area contributed by atoms with E-state index in [-0.39, 0.29) is 23.7 Å². The minimum atomic E-state index is -0.637. The summed E-state index contributed by atoms with van der Waals surface area (Å²) < 4.78 is 0. The molecule has 0 aliphatic rings. The first-order valence-electron chi connectivity index (χ1n) is 8.78. The van der Waals surface area contributed by atoms with Crippen molar-refractivity contribution in [1.29, 1.82) is 0 Å². The summed E-state index contributed by atoms with van der Waals surface area (Å²) >= 11 is 0. The number of nitrogens with two attached hydrogens (primary N) is 2. The van der Waals surface area contributed by atoms with Crippen LogP contribution in [-0.4, -0.2) is 18.1 Å². The highest BCUT2D eigenvalue weighted by molar-refractivity contribution is 5.81. The third-order valence-electron chi connectivity index (χ3n) is 5.34. The van der Waals surface area contributed by atoms with E-state index in [0.717, 1.165) is 51.2 Å². The monoisotopic (exact) mass is 326 g/mol. The fourth-order valence-electron chi connectivity index (χ4n) is 3.12. The summed E-state index contributed by atoms with van der Waals surface area (Å²) in [4.78, 5) is 33.3. The summed E-state index contributed by atoms with van der Waals surface area (Å²) in [6.07, 6.45) is 8.94. The molecule has 0 bridgehead atoms. The zero-order chi connectivity index (χ0) is 17.9. The topological polar surface area (TPSA) is 103 Å². The van der Waals surface area contributed by atoms with Crippen molar-refractivity contribution >= 4 is 18.1 Å². The molecule has 3 unspecified atom stereocenters. The van der Waals surface area contributed by atoms with E-state index in [1.165, 1.54) is 0 Å². The van der Waals surface area contributed by atoms with Gasteiger partial charge >= 0.3 is 0 Å². The van der Waals surface area contributed by atoms with E-state index in [1.807, 2.05) is 13.8 Å². The van der Waals surface area contributed by atoms with Crippen molar-refractivity contribution in [3.05, 3.63) is 0 Å². The SMILES string of the molecule is CC(CC=O)C(C)(C(N)=O)C(C)CCCCCCCCC(N)=O. The Morgan fingerprint density at radius 1 is 0.957 bits per heavy atom. The molecule has 0 rings (SSSR count). The first-order chi connectivity index (χ1) is 10.8. The Labute approximate surface area is 140 Å². The molecule has 0 heterocycles. The Morgan fingerprint density at radius 2 is 1.48 bits per heavy atom. The van der Waals surface area contributed by atoms with Gasteiger partial charge in [0.15, 0.2) is 0 Å². The summed E-state index contributed by atoms with van der Waals surface area (Å²) in [5.74, 6) is -0.425. The van der Waals surface area contributed by atoms with Crippen molar-refractivity contribution in [2.45, 2.75) is 78.6 Å². The van der Waals surface area contributed by atoms with Crippen LogP contribution in [0.25, 0.3) is 0 Å². The number of carbonyl (C=O) groups excluding carboxylic acids is 3. The molecule has 0 saturated carbocycles. The van der Waals surface area contributed by atoms with Gasteiger partial charge < -0.3 is 16.3 Å². The molecular formula is C18H34N2O3. The van der Waals surface area contributed by atoms with Gasteiger partial charge in [-0.25, -0.2) is 0 Å². The first kappa shape index (κ1) is 21.6. The van der Waals surface area contributed by atoms with Gasteiger partial charge in [0, 0.05) is 12.8 Å². The van der Waals surface area contributed by atoms with E-state index in [9.17, 15) is 14.4 Å². The van der Waals surface area contributed by atoms with Crippen LogP contribution in [0.5, 0.6) is 0 Å². The smallest absolute Gasteiger partial charge is 0.223 e. The molecule has 0 aromatic carbocycles. The summed E-state index contributed by atoms with van der Waals surface area (Å²) in [5, 5.41) is 0. The summed E-state index contributed by atoms with van der Waals surface area (Å²) in [6.45, 7) is 5.87. The van der Waals surface area contributed by atoms with Crippen LogP contribution < -0.4 is 11.5 Å². The number of hydrogen-bond donors (Lipinski definition) is 2. The fraction of sp³-hybridized carbons (Fsp3) is 0.833. The molecule has 4 N–H and O–H groups in total. The maximum absolute atomic E-state index is 11.9. The van der Waals surface area contributed by atoms with Gasteiger partial charge in [0.1, 0.15) is 6.29 Å². The Morgan fingerprint density at radius 3 is 1.96 bits per heavy atom. The quantitative estimate of drug-likeness (QED) is 0.379. The second kappa shape index (κ2) is 11.2. The van der Waals surface area contributed by atoms with Crippen LogP contribution in [0, 0.1) is 17.3 Å². The number of unbranched alkanes of at least 4 members (excludes halogenated alkanes) is 5. The van der Waals surface area contributed by atoms with Crippen molar-refractivity contribution in [2.24, 2.45) is 28.7 Å². The lowest BCUT2D eigenvalue weighted by Crippen LogP contribution is -2.45. The van der Waals surface area contributed by atoms with Crippen LogP contribution >= 0.6 is 0 Å². The normalized spacial score (nSPS) is 16.3. The zero-order valence-corrected chi connectivity index (χ0v) is 15.0. The summed E-state index contributed by atoms with van der Waals surface area (Å²) in [6, 6.07) is 0. The van der Waals surface area contributed by atoms with E-state index >= 15 is 0 Å². The molecular weight excluding hydrogens is 292 g/mol. The lowest BCUT2D eigenvalue weighted by molar-refractivity contribution is -0.133. The molecule has 3 atom stereocenters. The standard InChI is InChI=1S/C18H34N2O3/c1-14(18(3,17(20)23)15(2)12-13-21)10-8-6-4-5-7-9-11-16(19)22/h13-15H,4-12H2,1-3H3,(H2,19,22)(H2,20,23). The van der Waals surface area contributed by atoms with Gasteiger partial charge in [0.25, 0.3) is 0 Å². The highest BCUT2D eigenvalue weighted by atomic mass is 16.1. The van der Waals surface area contributed by atoms with Crippen LogP contribution in [0.3, 0.4) is 0 Å². The number of primary amides is 2. The Balaban J connectivity index is 4.10. The third kappa shape index (κ3) is 7.62. The maximum atomic E-state index is 11.9. The molecule has 5 nitrogen and oxygen atoms in total. The van der Waals surface area contributed by atoms with E-state index in [4.69, 9.17) is 11.5 Å². The van der Waals surface area contributed by atoms with Crippen molar-refractivity contribution < 1.29 is 14.4 Å². The molecule has 0 aromatic rings. The lowest BCUT2D eigenvalue weighted by atomic mass is 9.66. The molecule has 5 heteroatoms. The molecule has 0 fully saturated rings. The molecule has 0 saturated heterocycles. The Bertz CT molecular complexity index is 384. The van der Waals surface area contributed by atoms with Crippen LogP contribution in [0.2, 0.25) is 0 Å². The van der Waals surface area contributed by atoms with Crippen molar-refractivity contribution in [3.8, 4) is 0 Å². The highest BCUT2D eigenvalue weighted by Gasteiger charge is 2.41. The molecule has 0 radical (unpaired) electrons. The highest BCUT2D eigenvalue weighted by Crippen LogP contribution is 2.39. The molecule has 134 valence electrons. The van der Waals surface area contributed by atoms with Gasteiger partial charge in [-0.2, -0.15) is 0 Å². The van der Waals surface area contributed by atoms with E-state index in [0.29, 0.717) is 12.8 Å². The fourth-order valence-corrected chi connectivity index (χ4v) is 3.12. The number of amides is 2. The van der Waals surface area contributed by atoms with Gasteiger partial charge in [-0.3, -0.25) is 9.59 Å². The maximum Gasteiger partial charge on any atom is 0.223 e. The van der Waals surface area contributed by atoms with Crippen LogP contribution in [-0.2, 0) is 14.4 Å². The van der Waals surface area contributed by atoms with E-state index in [2.05, 4.69) is 6.92 Å². The summed E-state index contributed by atoms with van der Waals surface area (Å²) in [5.41, 5.74) is 10.1. The van der Waals surface area contributed by atoms with Crippen molar-refractivity contribution in [2.75, 3.05) is 0 Å². The lowest BCUT2D eigenvalue weighted by Gasteiger charge is -2.37. The third-order valence-corrected chi connectivity index (χ3v) is 5.34. The Hall–Kier alpha value is -1.39. The second-order valence-electron chi connectivity index (χ2n) is 6.98. The predicted octanol–water partition coefficient (Wildman–Crippen LogP) is 2.95. The van der Waals surface area contributed by atoms with Gasteiger partial charge in [-0.05, 0) is 24.7 Å². The minimum absolute atomic E-state index is 0.0405.